The summed E-state index contributed by atoms with van der Waals surface area (Å²) in [5.41, 5.74) is 5.10. The molecule has 0 radical (unpaired) electrons. The van der Waals surface area contributed by atoms with E-state index in [-0.39, 0.29) is 6.04 Å². The molecule has 6 heteroatoms. The van der Waals surface area contributed by atoms with E-state index in [4.69, 9.17) is 6.57 Å². The third kappa shape index (κ3) is 3.00. The molecule has 110 valence electrons. The minimum Gasteiger partial charge on any atom is -0.391 e. The molecule has 0 bridgehead atoms. The van der Waals surface area contributed by atoms with Crippen molar-refractivity contribution in [3.05, 3.63) is 47.4 Å². The highest BCUT2D eigenvalue weighted by atomic mass is 32.1. The largest absolute Gasteiger partial charge is 0.391 e. The number of fused-ring (bicyclic) bond motifs is 1. The summed E-state index contributed by atoms with van der Waals surface area (Å²) in [6.07, 6.45) is 1.59. The van der Waals surface area contributed by atoms with E-state index < -0.39 is 0 Å². The first-order valence-corrected chi connectivity index (χ1v) is 7.78. The van der Waals surface area contributed by atoms with Crippen LogP contribution in [-0.4, -0.2) is 16.0 Å². The van der Waals surface area contributed by atoms with Crippen molar-refractivity contribution in [1.82, 2.24) is 9.97 Å². The number of benzene rings is 1. The van der Waals surface area contributed by atoms with Gasteiger partial charge in [0.15, 0.2) is 0 Å². The fourth-order valence-corrected chi connectivity index (χ4v) is 2.83. The Morgan fingerprint density at radius 2 is 2.09 bits per heavy atom. The van der Waals surface area contributed by atoms with Crippen molar-refractivity contribution in [2.24, 2.45) is 0 Å². The fourth-order valence-electron chi connectivity index (χ4n) is 2.11. The van der Waals surface area contributed by atoms with E-state index in [0.717, 1.165) is 21.6 Å². The number of pyridine rings is 1. The summed E-state index contributed by atoms with van der Waals surface area (Å²) in [5.74, 6) is 0.708. The van der Waals surface area contributed by atoms with E-state index in [1.54, 1.807) is 17.5 Å². The molecule has 0 saturated carbocycles. The van der Waals surface area contributed by atoms with Gasteiger partial charge in [0.25, 0.3) is 0 Å². The van der Waals surface area contributed by atoms with Crippen LogP contribution < -0.4 is 10.6 Å². The highest BCUT2D eigenvalue weighted by Gasteiger charge is 2.07. The Morgan fingerprint density at radius 3 is 2.86 bits per heavy atom. The van der Waals surface area contributed by atoms with Gasteiger partial charge in [0.1, 0.15) is 5.82 Å². The summed E-state index contributed by atoms with van der Waals surface area (Å²) in [5, 5.41) is 6.55. The van der Waals surface area contributed by atoms with Crippen molar-refractivity contribution in [3.8, 4) is 0 Å². The van der Waals surface area contributed by atoms with Crippen LogP contribution >= 0.6 is 11.3 Å². The summed E-state index contributed by atoms with van der Waals surface area (Å²) < 4.78 is 1.13. The predicted molar refractivity (Wildman–Crippen MR) is 92.2 cm³/mol. The number of thiazole rings is 1. The number of nitrogens with one attached hydrogen (secondary N) is 2. The Balaban J connectivity index is 1.89. The molecule has 22 heavy (non-hydrogen) atoms. The van der Waals surface area contributed by atoms with E-state index in [2.05, 4.69) is 25.4 Å². The Kier molecular flexibility index (Phi) is 3.90. The maximum atomic E-state index is 7.21. The van der Waals surface area contributed by atoms with Crippen LogP contribution in [0.25, 0.3) is 15.1 Å². The average Bonchev–Trinajstić information content (AvgIpc) is 2.94. The van der Waals surface area contributed by atoms with Gasteiger partial charge in [0.05, 0.1) is 22.3 Å². The SMILES string of the molecule is [C-]#[N+]c1cnc(Nc2ccc3ncsc3c2)cc1NC(C)C. The molecule has 0 saturated heterocycles. The maximum absolute atomic E-state index is 7.21. The number of rotatable bonds is 4. The van der Waals surface area contributed by atoms with Crippen LogP contribution in [0.3, 0.4) is 0 Å². The third-order valence-corrected chi connectivity index (χ3v) is 3.84. The van der Waals surface area contributed by atoms with Crippen molar-refractivity contribution in [3.63, 3.8) is 0 Å². The lowest BCUT2D eigenvalue weighted by molar-refractivity contribution is 0.900. The number of hydrogen-bond acceptors (Lipinski definition) is 5. The zero-order valence-corrected chi connectivity index (χ0v) is 13.1. The predicted octanol–water partition coefficient (Wildman–Crippen LogP) is 4.81. The molecule has 0 atom stereocenters. The van der Waals surface area contributed by atoms with Crippen LogP contribution in [0, 0.1) is 6.57 Å². The molecule has 3 rings (SSSR count). The van der Waals surface area contributed by atoms with Crippen LogP contribution in [0.2, 0.25) is 0 Å². The van der Waals surface area contributed by atoms with Crippen LogP contribution in [-0.2, 0) is 0 Å². The lowest BCUT2D eigenvalue weighted by Crippen LogP contribution is -2.10. The maximum Gasteiger partial charge on any atom is 0.227 e. The van der Waals surface area contributed by atoms with Gasteiger partial charge in [0.2, 0.25) is 5.69 Å². The van der Waals surface area contributed by atoms with Gasteiger partial charge in [-0.1, -0.05) is 0 Å². The smallest absolute Gasteiger partial charge is 0.227 e. The first kappa shape index (κ1) is 14.3. The van der Waals surface area contributed by atoms with Gasteiger partial charge in [0, 0.05) is 23.6 Å². The topological polar surface area (TPSA) is 54.2 Å². The van der Waals surface area contributed by atoms with Crippen molar-refractivity contribution in [1.29, 1.82) is 0 Å². The summed E-state index contributed by atoms with van der Waals surface area (Å²) >= 11 is 1.61. The minimum absolute atomic E-state index is 0.254. The van der Waals surface area contributed by atoms with Crippen molar-refractivity contribution < 1.29 is 0 Å². The monoisotopic (exact) mass is 309 g/mol. The molecular weight excluding hydrogens is 294 g/mol. The highest BCUT2D eigenvalue weighted by molar-refractivity contribution is 7.16. The molecule has 0 fully saturated rings. The van der Waals surface area contributed by atoms with Crippen molar-refractivity contribution in [2.75, 3.05) is 10.6 Å². The quantitative estimate of drug-likeness (QED) is 0.679. The number of hydrogen-bond donors (Lipinski definition) is 2. The molecular formula is C16H15N5S. The Hall–Kier alpha value is -2.65. The zero-order chi connectivity index (χ0) is 15.5. The van der Waals surface area contributed by atoms with Crippen LogP contribution in [0.15, 0.2) is 36.0 Å². The first-order valence-electron chi connectivity index (χ1n) is 6.90. The molecule has 0 spiro atoms. The van der Waals surface area contributed by atoms with E-state index in [0.29, 0.717) is 11.5 Å². The minimum atomic E-state index is 0.254. The molecule has 0 aliphatic carbocycles. The Labute approximate surface area is 132 Å². The molecule has 2 heterocycles. The third-order valence-electron chi connectivity index (χ3n) is 3.05. The second kappa shape index (κ2) is 6.00. The van der Waals surface area contributed by atoms with Crippen LogP contribution in [0.4, 0.5) is 22.9 Å². The number of nitrogens with zero attached hydrogens (tertiary/aromatic N) is 3. The molecule has 2 N–H and O–H groups in total. The Morgan fingerprint density at radius 1 is 1.23 bits per heavy atom. The van der Waals surface area contributed by atoms with Crippen LogP contribution in [0.1, 0.15) is 13.8 Å². The Bertz CT molecular complexity index is 847. The first-order chi connectivity index (χ1) is 10.7. The summed E-state index contributed by atoms with van der Waals surface area (Å²) in [4.78, 5) is 12.1. The molecule has 0 aliphatic rings. The van der Waals surface area contributed by atoms with E-state index in [1.165, 1.54) is 0 Å². The van der Waals surface area contributed by atoms with Crippen molar-refractivity contribution in [2.45, 2.75) is 19.9 Å². The molecule has 0 amide bonds. The fraction of sp³-hybridized carbons (Fsp3) is 0.188. The van der Waals surface area contributed by atoms with Gasteiger partial charge in [-0.25, -0.2) is 9.83 Å². The highest BCUT2D eigenvalue weighted by Crippen LogP contribution is 2.29. The van der Waals surface area contributed by atoms with Gasteiger partial charge in [-0.05, 0) is 38.1 Å². The molecule has 5 nitrogen and oxygen atoms in total. The summed E-state index contributed by atoms with van der Waals surface area (Å²) in [6, 6.07) is 8.12. The second-order valence-corrected chi connectivity index (χ2v) is 6.04. The second-order valence-electron chi connectivity index (χ2n) is 5.16. The average molecular weight is 309 g/mol. The van der Waals surface area contributed by atoms with E-state index >= 15 is 0 Å². The number of anilines is 3. The molecule has 0 unspecified atom stereocenters. The molecule has 0 aliphatic heterocycles. The van der Waals surface area contributed by atoms with Gasteiger partial charge in [-0.3, -0.25) is 4.98 Å². The van der Waals surface area contributed by atoms with Gasteiger partial charge < -0.3 is 10.6 Å². The lowest BCUT2D eigenvalue weighted by Gasteiger charge is -2.13. The molecule has 1 aromatic carbocycles. The van der Waals surface area contributed by atoms with Crippen LogP contribution in [0.5, 0.6) is 0 Å². The molecule has 2 aromatic heterocycles. The van der Waals surface area contributed by atoms with Gasteiger partial charge in [-0.15, -0.1) is 11.3 Å². The summed E-state index contributed by atoms with van der Waals surface area (Å²) in [7, 11) is 0. The lowest BCUT2D eigenvalue weighted by atomic mass is 10.2. The number of aromatic nitrogens is 2. The van der Waals surface area contributed by atoms with E-state index in [1.807, 2.05) is 43.6 Å². The normalized spacial score (nSPS) is 10.6. The van der Waals surface area contributed by atoms with Gasteiger partial charge in [-0.2, -0.15) is 0 Å². The van der Waals surface area contributed by atoms with E-state index in [9.17, 15) is 0 Å². The molecule has 3 aromatic rings. The van der Waals surface area contributed by atoms with Crippen molar-refractivity contribution >= 4 is 44.4 Å². The summed E-state index contributed by atoms with van der Waals surface area (Å²) in [6.45, 7) is 11.3. The zero-order valence-electron chi connectivity index (χ0n) is 12.3. The standard InChI is InChI=1S/C16H15N5S/c1-10(2)20-13-7-16(18-8-14(13)17-3)21-11-4-5-12-15(6-11)22-9-19-12/h4-10H,1-2H3,(H2,18,20,21). The van der Waals surface area contributed by atoms with Gasteiger partial charge >= 0.3 is 0 Å².